The number of hydrogen-bond donors (Lipinski definition) is 2. The molecule has 2 N–H and O–H groups in total. The quantitative estimate of drug-likeness (QED) is 0.232. The van der Waals surface area contributed by atoms with Crippen molar-refractivity contribution in [2.45, 2.75) is 19.4 Å². The second-order valence-corrected chi connectivity index (χ2v) is 11.1. The Morgan fingerprint density at radius 3 is 2.48 bits per heavy atom. The summed E-state index contributed by atoms with van der Waals surface area (Å²) in [6.45, 7) is 8.16. The zero-order valence-electron chi connectivity index (χ0n) is 26.0. The molecule has 236 valence electrons. The lowest BCUT2D eigenvalue weighted by molar-refractivity contribution is -0.129. The van der Waals surface area contributed by atoms with Crippen LogP contribution >= 0.6 is 0 Å². The van der Waals surface area contributed by atoms with E-state index in [9.17, 15) is 9.59 Å². The molecule has 2 aliphatic rings. The molecule has 0 spiro atoms. The van der Waals surface area contributed by atoms with E-state index in [1.165, 1.54) is 12.4 Å². The zero-order chi connectivity index (χ0) is 32.0. The number of amides is 2. The van der Waals surface area contributed by atoms with Gasteiger partial charge in [0.1, 0.15) is 17.9 Å². The lowest BCUT2D eigenvalue weighted by Gasteiger charge is -2.36. The molecule has 3 aromatic carbocycles. The third-order valence-corrected chi connectivity index (χ3v) is 8.25. The highest BCUT2D eigenvalue weighted by Gasteiger charge is 2.30. The molecule has 0 radical (unpaired) electrons. The Bertz CT molecular complexity index is 1720. The molecule has 11 heteroatoms. The monoisotopic (exact) mass is 619 g/mol. The Morgan fingerprint density at radius 2 is 1.74 bits per heavy atom. The van der Waals surface area contributed by atoms with Crippen LogP contribution in [0.25, 0.3) is 11.1 Å². The van der Waals surface area contributed by atoms with Crippen molar-refractivity contribution in [3.05, 3.63) is 97.3 Å². The van der Waals surface area contributed by atoms with Crippen molar-refractivity contribution in [3.63, 3.8) is 0 Å². The minimum Gasteiger partial charge on any atom is -0.494 e. The number of benzene rings is 3. The van der Waals surface area contributed by atoms with E-state index in [4.69, 9.17) is 9.57 Å². The van der Waals surface area contributed by atoms with E-state index in [-0.39, 0.29) is 17.9 Å². The molecule has 46 heavy (non-hydrogen) atoms. The number of nitrogens with zero attached hydrogens (tertiary/aromatic N) is 5. The standard InChI is InChI=1S/C35H37N7O4/c1-4-35(44)39-28-20-29(32(45-3)21-31(28)41-16-14-40(15-17-41)24(2)43)38-33-22-34(37-23-36-33)42-30(13-18-46-42)27-12-8-11-26(19-27)25-9-6-5-7-10-25/h4-12,19-23,30H,1,13-18H2,2-3H3,(H,39,44)(H,36,37,38). The molecule has 0 bridgehead atoms. The van der Waals surface area contributed by atoms with Gasteiger partial charge in [0.05, 0.1) is 36.8 Å². The number of methoxy groups -OCH3 is 1. The van der Waals surface area contributed by atoms with Crippen LogP contribution in [-0.2, 0) is 14.4 Å². The number of ether oxygens (including phenoxy) is 1. The fourth-order valence-corrected chi connectivity index (χ4v) is 5.87. The number of carbonyl (C=O) groups excluding carboxylic acids is 2. The molecule has 4 aromatic rings. The summed E-state index contributed by atoms with van der Waals surface area (Å²) in [5, 5.41) is 8.12. The molecule has 2 fully saturated rings. The van der Waals surface area contributed by atoms with Gasteiger partial charge in [-0.1, -0.05) is 55.1 Å². The Labute approximate surface area is 268 Å². The molecule has 0 aliphatic carbocycles. The van der Waals surface area contributed by atoms with Crippen molar-refractivity contribution >= 4 is 40.5 Å². The van der Waals surface area contributed by atoms with E-state index in [0.29, 0.717) is 61.5 Å². The van der Waals surface area contributed by atoms with E-state index >= 15 is 0 Å². The summed E-state index contributed by atoms with van der Waals surface area (Å²) < 4.78 is 5.78. The molecular formula is C35H37N7O4. The molecule has 1 unspecified atom stereocenters. The number of aromatic nitrogens is 2. The summed E-state index contributed by atoms with van der Waals surface area (Å²) in [4.78, 5) is 43.3. The normalized spacial score (nSPS) is 16.2. The van der Waals surface area contributed by atoms with Crippen molar-refractivity contribution < 1.29 is 19.2 Å². The molecule has 1 aromatic heterocycles. The molecule has 6 rings (SSSR count). The molecule has 2 saturated heterocycles. The van der Waals surface area contributed by atoms with Crippen LogP contribution in [0.1, 0.15) is 24.9 Å². The van der Waals surface area contributed by atoms with E-state index in [0.717, 1.165) is 28.8 Å². The van der Waals surface area contributed by atoms with Crippen molar-refractivity contribution in [2.24, 2.45) is 0 Å². The third-order valence-electron chi connectivity index (χ3n) is 8.25. The van der Waals surface area contributed by atoms with Crippen LogP contribution in [-0.4, -0.2) is 66.6 Å². The van der Waals surface area contributed by atoms with Crippen molar-refractivity contribution in [2.75, 3.05) is 60.5 Å². The highest BCUT2D eigenvalue weighted by molar-refractivity contribution is 6.02. The van der Waals surface area contributed by atoms with Gasteiger partial charge in [0, 0.05) is 51.7 Å². The summed E-state index contributed by atoms with van der Waals surface area (Å²) in [5.74, 6) is 1.42. The first-order valence-corrected chi connectivity index (χ1v) is 15.3. The summed E-state index contributed by atoms with van der Waals surface area (Å²) in [5.41, 5.74) is 5.41. The first-order valence-electron chi connectivity index (χ1n) is 15.3. The fourth-order valence-electron chi connectivity index (χ4n) is 5.87. The second kappa shape index (κ2) is 13.7. The third kappa shape index (κ3) is 6.64. The zero-order valence-corrected chi connectivity index (χ0v) is 26.0. The number of rotatable bonds is 9. The lowest BCUT2D eigenvalue weighted by Crippen LogP contribution is -2.48. The van der Waals surface area contributed by atoms with Gasteiger partial charge in [0.25, 0.3) is 0 Å². The van der Waals surface area contributed by atoms with Gasteiger partial charge in [-0.3, -0.25) is 14.4 Å². The first-order chi connectivity index (χ1) is 22.4. The van der Waals surface area contributed by atoms with E-state index in [2.05, 4.69) is 68.5 Å². The summed E-state index contributed by atoms with van der Waals surface area (Å²) in [7, 11) is 1.59. The Morgan fingerprint density at radius 1 is 0.957 bits per heavy atom. The maximum absolute atomic E-state index is 12.4. The van der Waals surface area contributed by atoms with Gasteiger partial charge < -0.3 is 25.2 Å². The first kappa shape index (κ1) is 30.6. The molecular weight excluding hydrogens is 582 g/mol. The average molecular weight is 620 g/mol. The Hall–Kier alpha value is -5.42. The summed E-state index contributed by atoms with van der Waals surface area (Å²) >= 11 is 0. The Balaban J connectivity index is 1.26. The molecule has 0 saturated carbocycles. The number of anilines is 5. The van der Waals surface area contributed by atoms with Gasteiger partial charge in [0.15, 0.2) is 5.82 Å². The molecule has 3 heterocycles. The number of hydrogen-bond acceptors (Lipinski definition) is 9. The van der Waals surface area contributed by atoms with Gasteiger partial charge in [-0.2, -0.15) is 0 Å². The van der Waals surface area contributed by atoms with Crippen molar-refractivity contribution in [3.8, 4) is 16.9 Å². The predicted octanol–water partition coefficient (Wildman–Crippen LogP) is 5.57. The largest absolute Gasteiger partial charge is 0.494 e. The van der Waals surface area contributed by atoms with Crippen LogP contribution in [0.15, 0.2) is 91.8 Å². The highest BCUT2D eigenvalue weighted by atomic mass is 16.7. The molecule has 2 aliphatic heterocycles. The van der Waals surface area contributed by atoms with Crippen LogP contribution < -0.4 is 25.3 Å². The summed E-state index contributed by atoms with van der Waals surface area (Å²) in [6.07, 6.45) is 3.54. The highest BCUT2D eigenvalue weighted by Crippen LogP contribution is 2.40. The SMILES string of the molecule is C=CC(=O)Nc1cc(Nc2cc(N3OCCC3c3cccc(-c4ccccc4)c3)ncn2)c(OC)cc1N1CCN(C(C)=O)CC1. The predicted molar refractivity (Wildman–Crippen MR) is 179 cm³/mol. The topological polar surface area (TPSA) is 112 Å². The van der Waals surface area contributed by atoms with Crippen LogP contribution in [0, 0.1) is 0 Å². The minimum atomic E-state index is -0.336. The number of piperazine rings is 1. The molecule has 11 nitrogen and oxygen atoms in total. The van der Waals surface area contributed by atoms with Crippen LogP contribution in [0.5, 0.6) is 5.75 Å². The van der Waals surface area contributed by atoms with Crippen molar-refractivity contribution in [1.82, 2.24) is 14.9 Å². The minimum absolute atomic E-state index is 0.0237. The average Bonchev–Trinajstić information content (AvgIpc) is 3.59. The summed E-state index contributed by atoms with van der Waals surface area (Å²) in [6, 6.07) is 24.3. The fraction of sp³-hybridized carbons (Fsp3) is 0.257. The molecule has 2 amide bonds. The number of carbonyl (C=O) groups is 2. The van der Waals surface area contributed by atoms with Gasteiger partial charge in [-0.25, -0.2) is 15.0 Å². The van der Waals surface area contributed by atoms with Crippen LogP contribution in [0.2, 0.25) is 0 Å². The van der Waals surface area contributed by atoms with Gasteiger partial charge >= 0.3 is 0 Å². The number of nitrogens with one attached hydrogen (secondary N) is 2. The van der Waals surface area contributed by atoms with Crippen LogP contribution in [0.3, 0.4) is 0 Å². The van der Waals surface area contributed by atoms with E-state index in [1.807, 2.05) is 46.4 Å². The van der Waals surface area contributed by atoms with Gasteiger partial charge in [-0.05, 0) is 34.9 Å². The maximum atomic E-state index is 12.4. The number of hydroxylamine groups is 1. The molecule has 1 atom stereocenters. The van der Waals surface area contributed by atoms with Gasteiger partial charge in [0.2, 0.25) is 11.8 Å². The van der Waals surface area contributed by atoms with E-state index < -0.39 is 0 Å². The maximum Gasteiger partial charge on any atom is 0.247 e. The van der Waals surface area contributed by atoms with Crippen LogP contribution in [0.4, 0.5) is 28.7 Å². The smallest absolute Gasteiger partial charge is 0.247 e. The second-order valence-electron chi connectivity index (χ2n) is 11.1. The van der Waals surface area contributed by atoms with Gasteiger partial charge in [-0.15, -0.1) is 0 Å². The Kier molecular flexibility index (Phi) is 9.11. The van der Waals surface area contributed by atoms with E-state index in [1.54, 1.807) is 14.0 Å². The lowest BCUT2D eigenvalue weighted by atomic mass is 9.98. The van der Waals surface area contributed by atoms with Crippen molar-refractivity contribution in [1.29, 1.82) is 0 Å².